The molecule has 1 amide bonds. The lowest BCUT2D eigenvalue weighted by atomic mass is 10.1. The monoisotopic (exact) mass is 343 g/mol. The number of nitrogens with one attached hydrogen (secondary N) is 1. The molecule has 1 aromatic carbocycles. The van der Waals surface area contributed by atoms with Gasteiger partial charge in [0.25, 0.3) is 5.89 Å². The van der Waals surface area contributed by atoms with Crippen molar-refractivity contribution in [3.8, 4) is 11.5 Å². The molecule has 0 radical (unpaired) electrons. The Morgan fingerprint density at radius 1 is 1.38 bits per heavy atom. The summed E-state index contributed by atoms with van der Waals surface area (Å²) in [4.78, 5) is 15.2. The first kappa shape index (κ1) is 17.9. The molecule has 1 aromatic heterocycles. The first-order chi connectivity index (χ1) is 11.2. The minimum Gasteiger partial charge on any atom is -0.371 e. The van der Waals surface area contributed by atoms with E-state index in [9.17, 15) is 18.0 Å². The fourth-order valence-corrected chi connectivity index (χ4v) is 2.03. The molecule has 1 N–H and O–H groups in total. The number of anilines is 1. The Kier molecular flexibility index (Phi) is 5.23. The van der Waals surface area contributed by atoms with Crippen LogP contribution in [0.4, 0.5) is 18.9 Å². The minimum atomic E-state index is -4.58. The number of benzene rings is 1. The third kappa shape index (κ3) is 4.31. The summed E-state index contributed by atoms with van der Waals surface area (Å²) in [7, 11) is 0. The number of hydrogen-bond donors (Lipinski definition) is 1. The van der Waals surface area contributed by atoms with Crippen molar-refractivity contribution in [2.75, 3.05) is 11.9 Å². The third-order valence-electron chi connectivity index (χ3n) is 3.05. The maximum absolute atomic E-state index is 13.0. The quantitative estimate of drug-likeness (QED) is 0.893. The molecule has 0 saturated heterocycles. The van der Waals surface area contributed by atoms with Gasteiger partial charge in [-0.1, -0.05) is 5.16 Å². The van der Waals surface area contributed by atoms with E-state index in [0.29, 0.717) is 6.61 Å². The van der Waals surface area contributed by atoms with Crippen molar-refractivity contribution >= 4 is 11.6 Å². The van der Waals surface area contributed by atoms with Gasteiger partial charge in [-0.3, -0.25) is 4.79 Å². The molecule has 0 aliphatic rings. The van der Waals surface area contributed by atoms with E-state index in [0.717, 1.165) is 12.1 Å². The lowest BCUT2D eigenvalue weighted by molar-refractivity contribution is -0.137. The molecule has 0 spiro atoms. The maximum Gasteiger partial charge on any atom is 0.416 e. The highest BCUT2D eigenvalue weighted by molar-refractivity contribution is 5.89. The van der Waals surface area contributed by atoms with Crippen LogP contribution in [0.1, 0.15) is 38.3 Å². The van der Waals surface area contributed by atoms with Crippen molar-refractivity contribution in [2.24, 2.45) is 0 Å². The number of carbonyl (C=O) groups excluding carboxylic acids is 1. The van der Waals surface area contributed by atoms with Gasteiger partial charge in [-0.15, -0.1) is 0 Å². The van der Waals surface area contributed by atoms with Crippen molar-refractivity contribution in [2.45, 2.75) is 33.1 Å². The maximum atomic E-state index is 13.0. The van der Waals surface area contributed by atoms with Gasteiger partial charge in [0, 0.05) is 24.8 Å². The van der Waals surface area contributed by atoms with E-state index in [1.807, 2.05) is 0 Å². The first-order valence-electron chi connectivity index (χ1n) is 7.16. The van der Waals surface area contributed by atoms with Gasteiger partial charge in [0.2, 0.25) is 11.7 Å². The van der Waals surface area contributed by atoms with Gasteiger partial charge in [0.05, 0.1) is 5.56 Å². The lowest BCUT2D eigenvalue weighted by Gasteiger charge is -2.11. The number of alkyl halides is 3. The second-order valence-electron chi connectivity index (χ2n) is 5.03. The van der Waals surface area contributed by atoms with Crippen LogP contribution in [-0.2, 0) is 15.7 Å². The molecular weight excluding hydrogens is 327 g/mol. The molecule has 0 aliphatic carbocycles. The largest absolute Gasteiger partial charge is 0.416 e. The summed E-state index contributed by atoms with van der Waals surface area (Å²) in [5.41, 5.74) is -0.887. The molecule has 6 nitrogen and oxygen atoms in total. The summed E-state index contributed by atoms with van der Waals surface area (Å²) in [5, 5.41) is 6.04. The molecular formula is C15H16F3N3O3. The first-order valence-corrected chi connectivity index (χ1v) is 7.16. The summed E-state index contributed by atoms with van der Waals surface area (Å²) in [6.45, 7) is 5.13. The Morgan fingerprint density at radius 3 is 2.67 bits per heavy atom. The Bertz CT molecular complexity index is 728. The number of ether oxygens (including phenoxy) is 1. The molecule has 1 unspecified atom stereocenters. The van der Waals surface area contributed by atoms with Gasteiger partial charge in [0.15, 0.2) is 0 Å². The fourth-order valence-electron chi connectivity index (χ4n) is 2.03. The summed E-state index contributed by atoms with van der Waals surface area (Å²) >= 11 is 0. The van der Waals surface area contributed by atoms with E-state index in [2.05, 4.69) is 15.5 Å². The van der Waals surface area contributed by atoms with Crippen LogP contribution < -0.4 is 5.32 Å². The smallest absolute Gasteiger partial charge is 0.371 e. The van der Waals surface area contributed by atoms with Crippen LogP contribution in [0.2, 0.25) is 0 Å². The number of hydrogen-bond acceptors (Lipinski definition) is 5. The van der Waals surface area contributed by atoms with Gasteiger partial charge < -0.3 is 14.6 Å². The minimum absolute atomic E-state index is 0.00932. The average Bonchev–Trinajstić information content (AvgIpc) is 2.95. The Labute approximate surface area is 136 Å². The van der Waals surface area contributed by atoms with E-state index in [1.54, 1.807) is 13.8 Å². The highest BCUT2D eigenvalue weighted by atomic mass is 19.4. The van der Waals surface area contributed by atoms with Crippen LogP contribution in [0.3, 0.4) is 0 Å². The SMILES string of the molecule is CCOC(C)c1noc(-c2cc(NC(C)=O)cc(C(F)(F)F)c2)n1. The van der Waals surface area contributed by atoms with Crippen LogP contribution in [-0.4, -0.2) is 22.7 Å². The van der Waals surface area contributed by atoms with Crippen molar-refractivity contribution < 1.29 is 27.2 Å². The van der Waals surface area contributed by atoms with Crippen LogP contribution in [0.5, 0.6) is 0 Å². The zero-order chi connectivity index (χ0) is 17.9. The van der Waals surface area contributed by atoms with Crippen molar-refractivity contribution in [3.63, 3.8) is 0 Å². The summed E-state index contributed by atoms with van der Waals surface area (Å²) in [6.07, 6.45) is -5.03. The summed E-state index contributed by atoms with van der Waals surface area (Å²) in [6, 6.07) is 3.05. The molecule has 2 rings (SSSR count). The van der Waals surface area contributed by atoms with Crippen LogP contribution in [0, 0.1) is 0 Å². The second-order valence-corrected chi connectivity index (χ2v) is 5.03. The second kappa shape index (κ2) is 7.00. The Hall–Kier alpha value is -2.42. The predicted octanol–water partition coefficient (Wildman–Crippen LogP) is 3.81. The highest BCUT2D eigenvalue weighted by Gasteiger charge is 2.32. The molecule has 1 atom stereocenters. The van der Waals surface area contributed by atoms with Crippen molar-refractivity contribution in [1.82, 2.24) is 10.1 Å². The number of rotatable bonds is 5. The zero-order valence-electron chi connectivity index (χ0n) is 13.3. The predicted molar refractivity (Wildman–Crippen MR) is 79.1 cm³/mol. The summed E-state index contributed by atoms with van der Waals surface area (Å²) in [5.74, 6) is -0.351. The third-order valence-corrected chi connectivity index (χ3v) is 3.05. The van der Waals surface area contributed by atoms with Crippen LogP contribution in [0.15, 0.2) is 22.7 Å². The molecule has 130 valence electrons. The summed E-state index contributed by atoms with van der Waals surface area (Å²) < 4.78 is 49.4. The zero-order valence-corrected chi connectivity index (χ0v) is 13.3. The van der Waals surface area contributed by atoms with Crippen molar-refractivity contribution in [1.29, 1.82) is 0 Å². The van der Waals surface area contributed by atoms with E-state index < -0.39 is 23.8 Å². The van der Waals surface area contributed by atoms with E-state index in [-0.39, 0.29) is 23.0 Å². The molecule has 0 saturated carbocycles. The molecule has 9 heteroatoms. The number of aromatic nitrogens is 2. The van der Waals surface area contributed by atoms with Gasteiger partial charge in [-0.2, -0.15) is 18.2 Å². The number of halogens is 3. The molecule has 24 heavy (non-hydrogen) atoms. The van der Waals surface area contributed by atoms with Crippen LogP contribution in [0.25, 0.3) is 11.5 Å². The van der Waals surface area contributed by atoms with E-state index in [1.165, 1.54) is 13.0 Å². The van der Waals surface area contributed by atoms with Gasteiger partial charge >= 0.3 is 6.18 Å². The normalized spacial score (nSPS) is 12.9. The van der Waals surface area contributed by atoms with Gasteiger partial charge in [-0.25, -0.2) is 0 Å². The van der Waals surface area contributed by atoms with Crippen LogP contribution >= 0.6 is 0 Å². The Balaban J connectivity index is 2.43. The number of nitrogens with zero attached hydrogens (tertiary/aromatic N) is 2. The van der Waals surface area contributed by atoms with Gasteiger partial charge in [0.1, 0.15) is 6.10 Å². The molecule has 2 aromatic rings. The highest BCUT2D eigenvalue weighted by Crippen LogP contribution is 2.34. The standard InChI is InChI=1S/C15H16F3N3O3/c1-4-23-8(2)13-20-14(24-21-13)10-5-11(15(16,17)18)7-12(6-10)19-9(3)22/h5-8H,4H2,1-3H3,(H,19,22). The molecule has 0 aliphatic heterocycles. The lowest BCUT2D eigenvalue weighted by Crippen LogP contribution is -2.10. The topological polar surface area (TPSA) is 77.3 Å². The molecule has 0 fully saturated rings. The van der Waals surface area contributed by atoms with Gasteiger partial charge in [-0.05, 0) is 32.0 Å². The van der Waals surface area contributed by atoms with E-state index >= 15 is 0 Å². The number of carbonyl (C=O) groups is 1. The Morgan fingerprint density at radius 2 is 2.08 bits per heavy atom. The van der Waals surface area contributed by atoms with Crippen molar-refractivity contribution in [3.05, 3.63) is 29.6 Å². The van der Waals surface area contributed by atoms with E-state index in [4.69, 9.17) is 9.26 Å². The average molecular weight is 343 g/mol. The molecule has 0 bridgehead atoms. The molecule has 1 heterocycles. The fraction of sp³-hybridized carbons (Fsp3) is 0.400. The number of amides is 1.